The molecule has 20 heavy (non-hydrogen) atoms. The second kappa shape index (κ2) is 4.72. The molecule has 3 aromatic rings. The highest BCUT2D eigenvalue weighted by Gasteiger charge is 2.18. The Bertz CT molecular complexity index is 806. The van der Waals surface area contributed by atoms with Crippen molar-refractivity contribution in [3.63, 3.8) is 0 Å². The molecule has 0 aliphatic heterocycles. The normalized spacial score (nSPS) is 10.9. The lowest BCUT2D eigenvalue weighted by Crippen LogP contribution is -2.12. The van der Waals surface area contributed by atoms with Gasteiger partial charge in [0.1, 0.15) is 5.82 Å². The number of carbonyl (C=O) groups excluding carboxylic acids is 1. The lowest BCUT2D eigenvalue weighted by atomic mass is 10.1. The number of hydrogen-bond donors (Lipinski definition) is 1. The number of benzene rings is 1. The van der Waals surface area contributed by atoms with Crippen LogP contribution in [0.5, 0.6) is 0 Å². The maximum atomic E-state index is 13.8. The van der Waals surface area contributed by atoms with E-state index in [1.54, 1.807) is 37.0 Å². The lowest BCUT2D eigenvalue weighted by Gasteiger charge is -2.00. The maximum absolute atomic E-state index is 13.8. The summed E-state index contributed by atoms with van der Waals surface area (Å²) in [5.41, 5.74) is 0.663. The number of nitrogens with one attached hydrogen (secondary N) is 1. The summed E-state index contributed by atoms with van der Waals surface area (Å²) in [6.45, 7) is 1.76. The molecule has 102 valence electrons. The van der Waals surface area contributed by atoms with Gasteiger partial charge in [0.25, 0.3) is 5.91 Å². The van der Waals surface area contributed by atoms with E-state index in [0.29, 0.717) is 21.6 Å². The highest BCUT2D eigenvalue weighted by atomic mass is 32.1. The van der Waals surface area contributed by atoms with Gasteiger partial charge >= 0.3 is 0 Å². The second-order valence-corrected chi connectivity index (χ2v) is 5.55. The number of carbonyl (C=O) groups is 1. The lowest BCUT2D eigenvalue weighted by molar-refractivity contribution is 0.102. The number of halogens is 1. The van der Waals surface area contributed by atoms with Crippen molar-refractivity contribution in [1.29, 1.82) is 0 Å². The van der Waals surface area contributed by atoms with Crippen LogP contribution in [0.1, 0.15) is 15.2 Å². The summed E-state index contributed by atoms with van der Waals surface area (Å²) in [5, 5.41) is 7.33. The van der Waals surface area contributed by atoms with E-state index >= 15 is 0 Å². The molecule has 0 saturated carbocycles. The Morgan fingerprint density at radius 3 is 2.85 bits per heavy atom. The number of aryl methyl sites for hydroxylation is 2. The van der Waals surface area contributed by atoms with E-state index in [2.05, 4.69) is 10.4 Å². The van der Waals surface area contributed by atoms with Crippen molar-refractivity contribution >= 4 is 33.1 Å². The molecule has 6 heteroatoms. The summed E-state index contributed by atoms with van der Waals surface area (Å²) in [7, 11) is 1.77. The van der Waals surface area contributed by atoms with E-state index in [-0.39, 0.29) is 11.7 Å². The van der Waals surface area contributed by atoms with Crippen molar-refractivity contribution in [3.8, 4) is 0 Å². The predicted molar refractivity (Wildman–Crippen MR) is 77.7 cm³/mol. The van der Waals surface area contributed by atoms with Crippen LogP contribution >= 0.6 is 11.3 Å². The molecular weight excluding hydrogens is 277 g/mol. The SMILES string of the molecule is Cc1c(C(=O)Nc2ccn(C)n2)sc2cccc(F)c12. The average molecular weight is 289 g/mol. The van der Waals surface area contributed by atoms with Gasteiger partial charge in [-0.15, -0.1) is 11.3 Å². The van der Waals surface area contributed by atoms with Crippen LogP contribution < -0.4 is 5.32 Å². The van der Waals surface area contributed by atoms with Crippen LogP contribution in [-0.2, 0) is 7.05 Å². The van der Waals surface area contributed by atoms with Gasteiger partial charge in [0.2, 0.25) is 0 Å². The van der Waals surface area contributed by atoms with Gasteiger partial charge in [-0.2, -0.15) is 5.10 Å². The monoisotopic (exact) mass is 289 g/mol. The molecule has 2 heterocycles. The maximum Gasteiger partial charge on any atom is 0.267 e. The number of rotatable bonds is 2. The van der Waals surface area contributed by atoms with E-state index in [0.717, 1.165) is 4.70 Å². The Hall–Kier alpha value is -2.21. The van der Waals surface area contributed by atoms with E-state index in [9.17, 15) is 9.18 Å². The predicted octanol–water partition coefficient (Wildman–Crippen LogP) is 3.33. The summed E-state index contributed by atoms with van der Waals surface area (Å²) in [6, 6.07) is 6.57. The Labute approximate surface area is 118 Å². The summed E-state index contributed by atoms with van der Waals surface area (Å²) >= 11 is 1.29. The molecule has 1 N–H and O–H groups in total. The van der Waals surface area contributed by atoms with Crippen LogP contribution in [0.3, 0.4) is 0 Å². The molecule has 0 radical (unpaired) electrons. The third-order valence-corrected chi connectivity index (χ3v) is 4.32. The molecule has 0 aliphatic rings. The van der Waals surface area contributed by atoms with Gasteiger partial charge in [0.15, 0.2) is 5.82 Å². The number of nitrogens with zero attached hydrogens (tertiary/aromatic N) is 2. The summed E-state index contributed by atoms with van der Waals surface area (Å²) in [5.74, 6) is -0.0789. The van der Waals surface area contributed by atoms with Gasteiger partial charge in [-0.3, -0.25) is 9.48 Å². The van der Waals surface area contributed by atoms with Crippen molar-refractivity contribution in [2.24, 2.45) is 7.05 Å². The molecule has 3 rings (SSSR count). The minimum Gasteiger partial charge on any atom is -0.304 e. The van der Waals surface area contributed by atoms with Gasteiger partial charge in [-0.25, -0.2) is 4.39 Å². The smallest absolute Gasteiger partial charge is 0.267 e. The molecule has 0 bridgehead atoms. The first-order chi connectivity index (χ1) is 9.56. The van der Waals surface area contributed by atoms with Crippen molar-refractivity contribution < 1.29 is 9.18 Å². The van der Waals surface area contributed by atoms with Crippen molar-refractivity contribution in [2.45, 2.75) is 6.92 Å². The Morgan fingerprint density at radius 2 is 2.20 bits per heavy atom. The Balaban J connectivity index is 1.99. The molecule has 0 fully saturated rings. The molecule has 0 aliphatic carbocycles. The first kappa shape index (κ1) is 12.8. The van der Waals surface area contributed by atoms with Crippen molar-refractivity contribution in [3.05, 3.63) is 46.7 Å². The van der Waals surface area contributed by atoms with Crippen molar-refractivity contribution in [2.75, 3.05) is 5.32 Å². The van der Waals surface area contributed by atoms with Gasteiger partial charge in [-0.05, 0) is 24.6 Å². The summed E-state index contributed by atoms with van der Waals surface area (Å²) < 4.78 is 16.2. The standard InChI is InChI=1S/C14H12FN3OS/c1-8-12-9(15)4-3-5-10(12)20-13(8)14(19)16-11-6-7-18(2)17-11/h3-7H,1-2H3,(H,16,17,19). The topological polar surface area (TPSA) is 46.9 Å². The van der Waals surface area contributed by atoms with E-state index < -0.39 is 0 Å². The molecule has 0 atom stereocenters. The number of amides is 1. The largest absolute Gasteiger partial charge is 0.304 e. The zero-order chi connectivity index (χ0) is 14.3. The fourth-order valence-electron chi connectivity index (χ4n) is 2.12. The molecular formula is C14H12FN3OS. The van der Waals surface area contributed by atoms with Crippen LogP contribution in [0.4, 0.5) is 10.2 Å². The molecule has 4 nitrogen and oxygen atoms in total. The fourth-order valence-corrected chi connectivity index (χ4v) is 3.24. The zero-order valence-corrected chi connectivity index (χ0v) is 11.8. The highest BCUT2D eigenvalue weighted by Crippen LogP contribution is 2.32. The summed E-state index contributed by atoms with van der Waals surface area (Å²) in [6.07, 6.45) is 1.74. The van der Waals surface area contributed by atoms with Crippen molar-refractivity contribution in [1.82, 2.24) is 9.78 Å². The van der Waals surface area contributed by atoms with Crippen LogP contribution in [0, 0.1) is 12.7 Å². The number of thiophene rings is 1. The number of hydrogen-bond acceptors (Lipinski definition) is 3. The van der Waals surface area contributed by atoms with E-state index in [1.165, 1.54) is 17.4 Å². The minimum atomic E-state index is -0.298. The van der Waals surface area contributed by atoms with Gasteiger partial charge < -0.3 is 5.32 Å². The van der Waals surface area contributed by atoms with Crippen LogP contribution in [0.15, 0.2) is 30.5 Å². The van der Waals surface area contributed by atoms with Crippen LogP contribution in [-0.4, -0.2) is 15.7 Å². The van der Waals surface area contributed by atoms with Gasteiger partial charge in [-0.1, -0.05) is 6.07 Å². The summed E-state index contributed by atoms with van der Waals surface area (Å²) in [4.78, 5) is 12.8. The van der Waals surface area contributed by atoms with Crippen LogP contribution in [0.25, 0.3) is 10.1 Å². The number of anilines is 1. The number of fused-ring (bicyclic) bond motifs is 1. The Morgan fingerprint density at radius 1 is 1.40 bits per heavy atom. The number of aromatic nitrogens is 2. The quantitative estimate of drug-likeness (QED) is 0.786. The first-order valence-corrected chi connectivity index (χ1v) is 6.86. The molecule has 0 spiro atoms. The van der Waals surface area contributed by atoms with Crippen LogP contribution in [0.2, 0.25) is 0 Å². The molecule has 1 aromatic carbocycles. The zero-order valence-electron chi connectivity index (χ0n) is 11.0. The minimum absolute atomic E-state index is 0.262. The molecule has 1 amide bonds. The van der Waals surface area contributed by atoms with Gasteiger partial charge in [0, 0.05) is 29.4 Å². The fraction of sp³-hybridized carbons (Fsp3) is 0.143. The third-order valence-electron chi connectivity index (χ3n) is 3.06. The highest BCUT2D eigenvalue weighted by molar-refractivity contribution is 7.21. The molecule has 0 unspecified atom stereocenters. The average Bonchev–Trinajstić information content (AvgIpc) is 2.95. The van der Waals surface area contributed by atoms with E-state index in [1.807, 2.05) is 6.07 Å². The Kier molecular flexibility index (Phi) is 3.02. The second-order valence-electron chi connectivity index (χ2n) is 4.50. The first-order valence-electron chi connectivity index (χ1n) is 6.05. The van der Waals surface area contributed by atoms with E-state index in [4.69, 9.17) is 0 Å². The van der Waals surface area contributed by atoms with Gasteiger partial charge in [0.05, 0.1) is 4.88 Å². The molecule has 0 saturated heterocycles. The third kappa shape index (κ3) is 2.08. The molecule has 2 aromatic heterocycles.